The zero-order valence-corrected chi connectivity index (χ0v) is 17.9. The van der Waals surface area contributed by atoms with E-state index in [2.05, 4.69) is 10.2 Å². The van der Waals surface area contributed by atoms with E-state index in [1.807, 2.05) is 19.1 Å². The Hall–Kier alpha value is -2.60. The van der Waals surface area contributed by atoms with Crippen molar-refractivity contribution < 1.29 is 13.6 Å². The van der Waals surface area contributed by atoms with Crippen LogP contribution in [0, 0.1) is 11.6 Å². The quantitative estimate of drug-likeness (QED) is 0.695. The minimum Gasteiger partial charge on any atom is -0.312 e. The van der Waals surface area contributed by atoms with Crippen LogP contribution in [0.15, 0.2) is 53.5 Å². The molecule has 6 heteroatoms. The van der Waals surface area contributed by atoms with Gasteiger partial charge in [-0.1, -0.05) is 31.2 Å². The highest BCUT2D eigenvalue weighted by Crippen LogP contribution is 2.34. The number of rotatable bonds is 7. The van der Waals surface area contributed by atoms with Crippen LogP contribution in [0.25, 0.3) is 0 Å². The van der Waals surface area contributed by atoms with Crippen LogP contribution in [0.2, 0.25) is 0 Å². The minimum absolute atomic E-state index is 0.128. The van der Waals surface area contributed by atoms with Crippen LogP contribution in [0.5, 0.6) is 0 Å². The van der Waals surface area contributed by atoms with Gasteiger partial charge in [0.25, 0.3) is 5.91 Å². The van der Waals surface area contributed by atoms with E-state index in [1.165, 1.54) is 17.7 Å². The number of likely N-dealkylation sites (tertiary alicyclic amines) is 1. The number of nitrogens with zero attached hydrogens (tertiary/aromatic N) is 2. The number of carbonyl (C=O) groups excluding carboxylic acids is 1. The predicted molar refractivity (Wildman–Crippen MR) is 118 cm³/mol. The Kier molecular flexibility index (Phi) is 6.46. The summed E-state index contributed by atoms with van der Waals surface area (Å²) in [4.78, 5) is 19.9. The molecule has 0 aliphatic carbocycles. The fourth-order valence-corrected chi connectivity index (χ4v) is 4.72. The first kappa shape index (κ1) is 21.6. The maximum atomic E-state index is 13.3. The second kappa shape index (κ2) is 9.27. The molecule has 0 bridgehead atoms. The van der Waals surface area contributed by atoms with Gasteiger partial charge in [-0.2, -0.15) is 0 Å². The van der Waals surface area contributed by atoms with Gasteiger partial charge >= 0.3 is 0 Å². The summed E-state index contributed by atoms with van der Waals surface area (Å²) in [7, 11) is 0. The Labute approximate surface area is 182 Å². The Morgan fingerprint density at radius 1 is 1.03 bits per heavy atom. The van der Waals surface area contributed by atoms with Crippen LogP contribution in [0.1, 0.15) is 56.1 Å². The molecule has 4 nitrogen and oxygen atoms in total. The molecule has 1 amide bonds. The summed E-state index contributed by atoms with van der Waals surface area (Å²) in [5.74, 6) is 0.584. The van der Waals surface area contributed by atoms with Crippen LogP contribution in [-0.2, 0) is 10.3 Å². The molecule has 0 radical (unpaired) electrons. The highest BCUT2D eigenvalue weighted by molar-refractivity contribution is 6.08. The maximum Gasteiger partial charge on any atom is 0.257 e. The molecule has 2 heterocycles. The molecule has 31 heavy (non-hydrogen) atoms. The van der Waals surface area contributed by atoms with Gasteiger partial charge in [-0.05, 0) is 86.6 Å². The summed E-state index contributed by atoms with van der Waals surface area (Å²) in [6.45, 7) is 4.94. The molecule has 4 rings (SSSR count). The van der Waals surface area contributed by atoms with Crippen LogP contribution in [0.4, 0.5) is 8.78 Å². The lowest BCUT2D eigenvalue weighted by atomic mass is 9.88. The number of piperidine rings is 1. The van der Waals surface area contributed by atoms with Gasteiger partial charge in [-0.3, -0.25) is 9.79 Å². The van der Waals surface area contributed by atoms with Crippen molar-refractivity contribution in [1.29, 1.82) is 0 Å². The number of benzene rings is 2. The molecule has 2 aromatic carbocycles. The first-order valence-electron chi connectivity index (χ1n) is 11.1. The van der Waals surface area contributed by atoms with Crippen LogP contribution in [0.3, 0.4) is 0 Å². The first-order valence-corrected chi connectivity index (χ1v) is 11.1. The molecule has 2 aromatic rings. The van der Waals surface area contributed by atoms with E-state index in [0.717, 1.165) is 50.3 Å². The highest BCUT2D eigenvalue weighted by Gasteiger charge is 2.43. The van der Waals surface area contributed by atoms with Crippen molar-refractivity contribution in [2.45, 2.75) is 50.5 Å². The smallest absolute Gasteiger partial charge is 0.257 e. The summed E-state index contributed by atoms with van der Waals surface area (Å²) < 4.78 is 26.4. The molecule has 2 aliphatic heterocycles. The van der Waals surface area contributed by atoms with Gasteiger partial charge in [-0.15, -0.1) is 0 Å². The minimum atomic E-state index is -0.948. The SMILES string of the molecule is CCC1(c2ccc(F)cc2)N=C(CCCN2CCC(c3ccc(F)cc3)CC2)NC1=O. The van der Waals surface area contributed by atoms with Crippen LogP contribution in [-0.4, -0.2) is 36.3 Å². The number of amidine groups is 1. The molecule has 2 aliphatic rings. The van der Waals surface area contributed by atoms with Crippen molar-refractivity contribution in [2.75, 3.05) is 19.6 Å². The van der Waals surface area contributed by atoms with Crippen molar-refractivity contribution in [1.82, 2.24) is 10.2 Å². The first-order chi connectivity index (χ1) is 15.0. The van der Waals surface area contributed by atoms with E-state index in [4.69, 9.17) is 4.99 Å². The van der Waals surface area contributed by atoms with E-state index in [0.29, 0.717) is 18.8 Å². The number of carbonyl (C=O) groups is 1. The van der Waals surface area contributed by atoms with Crippen LogP contribution >= 0.6 is 0 Å². The molecule has 0 aromatic heterocycles. The Balaban J connectivity index is 1.29. The largest absolute Gasteiger partial charge is 0.312 e. The third-order valence-electron chi connectivity index (χ3n) is 6.61. The summed E-state index contributed by atoms with van der Waals surface area (Å²) in [5, 5.41) is 2.95. The number of hydrogen-bond donors (Lipinski definition) is 1. The number of halogens is 2. The monoisotopic (exact) mass is 425 g/mol. The average molecular weight is 426 g/mol. The van der Waals surface area contributed by atoms with E-state index in [1.54, 1.807) is 24.3 Å². The molecule has 1 fully saturated rings. The molecule has 164 valence electrons. The Bertz CT molecular complexity index is 934. The standard InChI is InChI=1S/C25H29F2N3O/c1-2-25(20-7-11-22(27)12-8-20)24(31)28-23(29-25)4-3-15-30-16-13-19(14-17-30)18-5-9-21(26)10-6-18/h5-12,19H,2-4,13-17H2,1H3,(H,28,29,31). The van der Waals surface area contributed by atoms with E-state index >= 15 is 0 Å². The second-order valence-electron chi connectivity index (χ2n) is 8.50. The second-order valence-corrected chi connectivity index (χ2v) is 8.50. The molecule has 0 spiro atoms. The van der Waals surface area contributed by atoms with Gasteiger partial charge in [0.2, 0.25) is 0 Å². The molecular weight excluding hydrogens is 396 g/mol. The topological polar surface area (TPSA) is 44.7 Å². The molecule has 1 N–H and O–H groups in total. The van der Waals surface area contributed by atoms with Gasteiger partial charge < -0.3 is 10.2 Å². The fourth-order valence-electron chi connectivity index (χ4n) is 4.72. The molecule has 1 atom stereocenters. The summed E-state index contributed by atoms with van der Waals surface area (Å²) in [6.07, 6.45) is 4.32. The Morgan fingerprint density at radius 2 is 1.65 bits per heavy atom. The van der Waals surface area contributed by atoms with Crippen molar-refractivity contribution in [3.05, 3.63) is 71.3 Å². The van der Waals surface area contributed by atoms with E-state index in [9.17, 15) is 13.6 Å². The number of aliphatic imine (C=N–C) groups is 1. The zero-order valence-electron chi connectivity index (χ0n) is 17.9. The summed E-state index contributed by atoms with van der Waals surface area (Å²) in [5.41, 5.74) is 1.00. The number of nitrogens with one attached hydrogen (secondary N) is 1. The van der Waals surface area contributed by atoms with E-state index < -0.39 is 5.54 Å². The lowest BCUT2D eigenvalue weighted by Crippen LogP contribution is -2.37. The van der Waals surface area contributed by atoms with Crippen LogP contribution < -0.4 is 5.32 Å². The summed E-state index contributed by atoms with van der Waals surface area (Å²) in [6, 6.07) is 12.9. The van der Waals surface area contributed by atoms with Gasteiger partial charge in [0.05, 0.1) is 0 Å². The molecule has 0 saturated carbocycles. The normalized spacial score (nSPS) is 22.4. The lowest BCUT2D eigenvalue weighted by Gasteiger charge is -2.32. The van der Waals surface area contributed by atoms with Gasteiger partial charge in [0, 0.05) is 6.42 Å². The van der Waals surface area contributed by atoms with E-state index in [-0.39, 0.29) is 17.5 Å². The zero-order chi connectivity index (χ0) is 21.8. The van der Waals surface area contributed by atoms with Crippen molar-refractivity contribution in [3.8, 4) is 0 Å². The van der Waals surface area contributed by atoms with Crippen molar-refractivity contribution >= 4 is 11.7 Å². The summed E-state index contributed by atoms with van der Waals surface area (Å²) >= 11 is 0. The fraction of sp³-hybridized carbons (Fsp3) is 0.440. The predicted octanol–water partition coefficient (Wildman–Crippen LogP) is 4.76. The Morgan fingerprint density at radius 3 is 2.26 bits per heavy atom. The third-order valence-corrected chi connectivity index (χ3v) is 6.61. The maximum absolute atomic E-state index is 13.3. The van der Waals surface area contributed by atoms with Gasteiger partial charge in [0.15, 0.2) is 5.54 Å². The van der Waals surface area contributed by atoms with Gasteiger partial charge in [-0.25, -0.2) is 8.78 Å². The van der Waals surface area contributed by atoms with Crippen molar-refractivity contribution in [2.24, 2.45) is 4.99 Å². The third kappa shape index (κ3) is 4.69. The molecule has 1 unspecified atom stereocenters. The lowest BCUT2D eigenvalue weighted by molar-refractivity contribution is -0.124. The number of amides is 1. The number of hydrogen-bond acceptors (Lipinski definition) is 3. The molecular formula is C25H29F2N3O. The van der Waals surface area contributed by atoms with Crippen molar-refractivity contribution in [3.63, 3.8) is 0 Å². The molecule has 1 saturated heterocycles. The highest BCUT2D eigenvalue weighted by atomic mass is 19.1. The average Bonchev–Trinajstić information content (AvgIpc) is 3.11. The van der Waals surface area contributed by atoms with Gasteiger partial charge in [0.1, 0.15) is 17.5 Å².